The summed E-state index contributed by atoms with van der Waals surface area (Å²) in [4.78, 5) is 29.9. The van der Waals surface area contributed by atoms with Crippen LogP contribution in [0.5, 0.6) is 17.2 Å². The third-order valence-electron chi connectivity index (χ3n) is 6.15. The summed E-state index contributed by atoms with van der Waals surface area (Å²) in [6.07, 6.45) is -1.04. The number of alkyl halides is 3. The Morgan fingerprint density at radius 1 is 1.05 bits per heavy atom. The van der Waals surface area contributed by atoms with E-state index in [0.29, 0.717) is 37.2 Å². The van der Waals surface area contributed by atoms with Gasteiger partial charge in [-0.15, -0.1) is 0 Å². The van der Waals surface area contributed by atoms with Crippen molar-refractivity contribution in [3.63, 3.8) is 0 Å². The minimum Gasteiger partial charge on any atom is -0.497 e. The maximum absolute atomic E-state index is 13.5. The van der Waals surface area contributed by atoms with Crippen molar-refractivity contribution < 1.29 is 37.0 Å². The maximum atomic E-state index is 13.5. The lowest BCUT2D eigenvalue weighted by atomic mass is 9.88. The highest BCUT2D eigenvalue weighted by atomic mass is 19.4. The number of benzene rings is 2. The molecule has 0 aliphatic carbocycles. The molecule has 2 heterocycles. The second-order valence-electron chi connectivity index (χ2n) is 8.68. The molecule has 0 atom stereocenters. The molecule has 1 saturated heterocycles. The van der Waals surface area contributed by atoms with Crippen molar-refractivity contribution in [3.8, 4) is 17.2 Å². The van der Waals surface area contributed by atoms with E-state index in [1.54, 1.807) is 30.5 Å². The fourth-order valence-electron chi connectivity index (χ4n) is 4.02. The maximum Gasteiger partial charge on any atom is 0.420 e. The first kappa shape index (κ1) is 26.9. The predicted octanol–water partition coefficient (Wildman–Crippen LogP) is 4.50. The number of halogens is 3. The van der Waals surface area contributed by atoms with Crippen LogP contribution in [0.2, 0.25) is 0 Å². The molecule has 11 heteroatoms. The zero-order valence-electron chi connectivity index (χ0n) is 20.5. The molecule has 8 nitrogen and oxygen atoms in total. The molecule has 0 unspecified atom stereocenters. The summed E-state index contributed by atoms with van der Waals surface area (Å²) >= 11 is 0. The average Bonchev–Trinajstić information content (AvgIpc) is 2.93. The largest absolute Gasteiger partial charge is 0.497 e. The lowest BCUT2D eigenvalue weighted by Gasteiger charge is -2.36. The van der Waals surface area contributed by atoms with E-state index in [9.17, 15) is 22.8 Å². The van der Waals surface area contributed by atoms with Gasteiger partial charge in [0, 0.05) is 45.0 Å². The van der Waals surface area contributed by atoms with E-state index in [4.69, 9.17) is 14.2 Å². The molecular weight excluding hydrogens is 503 g/mol. The normalized spacial score (nSPS) is 14.8. The Kier molecular flexibility index (Phi) is 8.16. The SMILES string of the molecule is COc1ccc(Oc2ccc(CNC(=O)C3(NC(=O)c4cccnc4)CCOCC3)cc2)c(C(F)(F)F)c1. The fourth-order valence-corrected chi connectivity index (χ4v) is 4.02. The minimum absolute atomic E-state index is 0.0645. The van der Waals surface area contributed by atoms with Gasteiger partial charge in [0.15, 0.2) is 0 Å². The Morgan fingerprint density at radius 2 is 1.76 bits per heavy atom. The minimum atomic E-state index is -4.62. The first-order valence-electron chi connectivity index (χ1n) is 11.8. The van der Waals surface area contributed by atoms with Gasteiger partial charge in [0.1, 0.15) is 28.4 Å². The van der Waals surface area contributed by atoms with Gasteiger partial charge in [-0.1, -0.05) is 12.1 Å². The molecule has 2 aromatic carbocycles. The number of nitrogens with one attached hydrogen (secondary N) is 2. The lowest BCUT2D eigenvalue weighted by molar-refractivity contribution is -0.138. The van der Waals surface area contributed by atoms with E-state index in [-0.39, 0.29) is 29.7 Å². The number of rotatable bonds is 8. The zero-order chi connectivity index (χ0) is 27.2. The standard InChI is InChI=1S/C27H26F3N3O5/c1-36-21-8-9-23(22(15-21)27(28,29)30)38-20-6-4-18(5-7-20)16-32-25(35)26(10-13-37-14-11-26)33-24(34)19-3-2-12-31-17-19/h2-9,12,15,17H,10-11,13-14,16H2,1H3,(H,32,35)(H,33,34). The van der Waals surface area contributed by atoms with Crippen LogP contribution in [0.25, 0.3) is 0 Å². The van der Waals surface area contributed by atoms with Gasteiger partial charge < -0.3 is 24.8 Å². The molecule has 3 aromatic rings. The van der Waals surface area contributed by atoms with Gasteiger partial charge in [-0.3, -0.25) is 14.6 Å². The molecule has 1 fully saturated rings. The third kappa shape index (κ3) is 6.41. The van der Waals surface area contributed by atoms with Gasteiger partial charge >= 0.3 is 6.18 Å². The summed E-state index contributed by atoms with van der Waals surface area (Å²) in [6.45, 7) is 0.775. The number of carbonyl (C=O) groups is 2. The molecule has 2 N–H and O–H groups in total. The highest BCUT2D eigenvalue weighted by Gasteiger charge is 2.41. The van der Waals surface area contributed by atoms with Crippen molar-refractivity contribution in [1.82, 2.24) is 15.6 Å². The molecule has 2 amide bonds. The number of hydrogen-bond acceptors (Lipinski definition) is 6. The van der Waals surface area contributed by atoms with Crippen LogP contribution in [0.15, 0.2) is 67.0 Å². The number of hydrogen-bond donors (Lipinski definition) is 2. The van der Waals surface area contributed by atoms with E-state index >= 15 is 0 Å². The monoisotopic (exact) mass is 529 g/mol. The molecule has 1 aliphatic rings. The number of methoxy groups -OCH3 is 1. The van der Waals surface area contributed by atoms with Crippen molar-refractivity contribution in [2.24, 2.45) is 0 Å². The van der Waals surface area contributed by atoms with Gasteiger partial charge in [-0.2, -0.15) is 13.2 Å². The summed E-state index contributed by atoms with van der Waals surface area (Å²) in [6, 6.07) is 13.0. The highest BCUT2D eigenvalue weighted by molar-refractivity contribution is 5.99. The number of ether oxygens (including phenoxy) is 3. The smallest absolute Gasteiger partial charge is 0.420 e. The predicted molar refractivity (Wildman–Crippen MR) is 131 cm³/mol. The van der Waals surface area contributed by atoms with Crippen molar-refractivity contribution in [2.75, 3.05) is 20.3 Å². The lowest BCUT2D eigenvalue weighted by Crippen LogP contribution is -2.61. The van der Waals surface area contributed by atoms with Gasteiger partial charge in [-0.25, -0.2) is 0 Å². The van der Waals surface area contributed by atoms with E-state index in [1.807, 2.05) is 0 Å². The van der Waals surface area contributed by atoms with Crippen LogP contribution < -0.4 is 20.1 Å². The van der Waals surface area contributed by atoms with E-state index in [2.05, 4.69) is 15.6 Å². The molecule has 0 bridgehead atoms. The quantitative estimate of drug-likeness (QED) is 0.446. The van der Waals surface area contributed by atoms with E-state index < -0.39 is 23.2 Å². The van der Waals surface area contributed by atoms with Crippen LogP contribution in [0.3, 0.4) is 0 Å². The van der Waals surface area contributed by atoms with Gasteiger partial charge in [0.2, 0.25) is 5.91 Å². The van der Waals surface area contributed by atoms with Gasteiger partial charge in [0.05, 0.1) is 12.7 Å². The average molecular weight is 530 g/mol. The summed E-state index contributed by atoms with van der Waals surface area (Å²) in [7, 11) is 1.28. The Hall–Kier alpha value is -4.12. The zero-order valence-corrected chi connectivity index (χ0v) is 20.5. The van der Waals surface area contributed by atoms with Crippen LogP contribution in [0.1, 0.15) is 34.3 Å². The third-order valence-corrected chi connectivity index (χ3v) is 6.15. The Morgan fingerprint density at radius 3 is 2.39 bits per heavy atom. The first-order chi connectivity index (χ1) is 18.2. The van der Waals surface area contributed by atoms with Crippen molar-refractivity contribution >= 4 is 11.8 Å². The summed E-state index contributed by atoms with van der Waals surface area (Å²) in [5.74, 6) is -0.861. The number of aromatic nitrogens is 1. The molecule has 1 aliphatic heterocycles. The molecule has 0 radical (unpaired) electrons. The van der Waals surface area contributed by atoms with Gasteiger partial charge in [0.25, 0.3) is 5.91 Å². The molecule has 0 spiro atoms. The van der Waals surface area contributed by atoms with E-state index in [0.717, 1.165) is 6.07 Å². The van der Waals surface area contributed by atoms with Crippen molar-refractivity contribution in [2.45, 2.75) is 31.1 Å². The summed E-state index contributed by atoms with van der Waals surface area (Å²) < 4.78 is 56.1. The van der Waals surface area contributed by atoms with Crippen LogP contribution in [-0.4, -0.2) is 42.7 Å². The Bertz CT molecular complexity index is 1260. The summed E-state index contributed by atoms with van der Waals surface area (Å²) in [5, 5.41) is 5.70. The topological polar surface area (TPSA) is 98.8 Å². The molecular formula is C27H26F3N3O5. The number of amides is 2. The van der Waals surface area contributed by atoms with Crippen LogP contribution in [0, 0.1) is 0 Å². The molecule has 200 valence electrons. The fraction of sp³-hybridized carbons (Fsp3) is 0.296. The van der Waals surface area contributed by atoms with Crippen LogP contribution >= 0.6 is 0 Å². The van der Waals surface area contributed by atoms with Crippen LogP contribution in [0.4, 0.5) is 13.2 Å². The van der Waals surface area contributed by atoms with Crippen molar-refractivity contribution in [3.05, 3.63) is 83.7 Å². The molecule has 0 saturated carbocycles. The first-order valence-corrected chi connectivity index (χ1v) is 11.8. The van der Waals surface area contributed by atoms with Crippen LogP contribution in [-0.2, 0) is 22.3 Å². The second-order valence-corrected chi connectivity index (χ2v) is 8.68. The Labute approximate surface area is 217 Å². The summed E-state index contributed by atoms with van der Waals surface area (Å²) in [5.41, 5.74) is -1.07. The Balaban J connectivity index is 1.41. The van der Waals surface area contributed by atoms with E-state index in [1.165, 1.54) is 37.6 Å². The number of pyridine rings is 1. The molecule has 38 heavy (non-hydrogen) atoms. The van der Waals surface area contributed by atoms with Gasteiger partial charge in [-0.05, 0) is 48.0 Å². The number of carbonyl (C=O) groups excluding carboxylic acids is 2. The highest BCUT2D eigenvalue weighted by Crippen LogP contribution is 2.40. The second kappa shape index (κ2) is 11.5. The van der Waals surface area contributed by atoms with Crippen molar-refractivity contribution in [1.29, 1.82) is 0 Å². The number of nitrogens with zero attached hydrogens (tertiary/aromatic N) is 1. The molecule has 1 aromatic heterocycles. The molecule has 4 rings (SSSR count).